The second-order valence-corrected chi connectivity index (χ2v) is 7.25. The van der Waals surface area contributed by atoms with Crippen molar-refractivity contribution in [2.24, 2.45) is 0 Å². The van der Waals surface area contributed by atoms with Crippen LogP contribution in [0.3, 0.4) is 0 Å². The fraction of sp³-hybridized carbons (Fsp3) is 0.120. The summed E-state index contributed by atoms with van der Waals surface area (Å²) in [6.07, 6.45) is 0.806. The van der Waals surface area contributed by atoms with Crippen molar-refractivity contribution < 1.29 is 23.5 Å². The summed E-state index contributed by atoms with van der Waals surface area (Å²) in [7, 11) is 0. The van der Waals surface area contributed by atoms with Crippen LogP contribution in [0, 0.1) is 11.6 Å². The number of benzene rings is 3. The number of aliphatic hydroxyl groups excluding tert-OH is 1. The van der Waals surface area contributed by atoms with Crippen LogP contribution in [0.1, 0.15) is 29.7 Å². The number of aryl methyl sites for hydroxylation is 1. The minimum atomic E-state index is -1.03. The van der Waals surface area contributed by atoms with Gasteiger partial charge in [0.15, 0.2) is 0 Å². The van der Waals surface area contributed by atoms with Gasteiger partial charge in [-0.05, 0) is 47.9 Å². The lowest BCUT2D eigenvalue weighted by Crippen LogP contribution is -2.29. The molecule has 1 fully saturated rings. The molecule has 0 radical (unpaired) electrons. The lowest BCUT2D eigenvalue weighted by Gasteiger charge is -2.25. The Morgan fingerprint density at radius 3 is 2.23 bits per heavy atom. The molecule has 1 amide bonds. The molecule has 1 N–H and O–H groups in total. The smallest absolute Gasteiger partial charge is 0.300 e. The van der Waals surface area contributed by atoms with Crippen molar-refractivity contribution >= 4 is 23.1 Å². The second kappa shape index (κ2) is 8.14. The molecular formula is C25H19F2NO3. The molecule has 3 aromatic rings. The van der Waals surface area contributed by atoms with Crippen molar-refractivity contribution in [1.29, 1.82) is 0 Å². The summed E-state index contributed by atoms with van der Waals surface area (Å²) in [6, 6.07) is 16.5. The molecule has 0 saturated carbocycles. The summed E-state index contributed by atoms with van der Waals surface area (Å²) >= 11 is 0. The molecule has 31 heavy (non-hydrogen) atoms. The molecule has 4 nitrogen and oxygen atoms in total. The molecule has 156 valence electrons. The fourth-order valence-corrected chi connectivity index (χ4v) is 3.74. The third kappa shape index (κ3) is 3.72. The summed E-state index contributed by atoms with van der Waals surface area (Å²) in [6.45, 7) is 1.99. The zero-order chi connectivity index (χ0) is 22.1. The van der Waals surface area contributed by atoms with Crippen LogP contribution in [-0.2, 0) is 16.0 Å². The maximum atomic E-state index is 13.9. The topological polar surface area (TPSA) is 57.6 Å². The first-order valence-corrected chi connectivity index (χ1v) is 9.82. The number of halogens is 2. The summed E-state index contributed by atoms with van der Waals surface area (Å²) in [5.41, 5.74) is 1.87. The Kier molecular flexibility index (Phi) is 5.38. The second-order valence-electron chi connectivity index (χ2n) is 7.25. The van der Waals surface area contributed by atoms with Crippen molar-refractivity contribution in [3.8, 4) is 0 Å². The molecule has 1 heterocycles. The number of anilines is 1. The fourth-order valence-electron chi connectivity index (χ4n) is 3.74. The van der Waals surface area contributed by atoms with Gasteiger partial charge in [-0.3, -0.25) is 14.5 Å². The van der Waals surface area contributed by atoms with E-state index in [0.717, 1.165) is 23.0 Å². The molecule has 0 aliphatic carbocycles. The van der Waals surface area contributed by atoms with Crippen LogP contribution >= 0.6 is 0 Å². The molecule has 1 atom stereocenters. The van der Waals surface area contributed by atoms with Crippen molar-refractivity contribution in [1.82, 2.24) is 0 Å². The van der Waals surface area contributed by atoms with E-state index >= 15 is 0 Å². The predicted molar refractivity (Wildman–Crippen MR) is 113 cm³/mol. The molecule has 0 spiro atoms. The number of ketones is 1. The minimum absolute atomic E-state index is 0.134. The van der Waals surface area contributed by atoms with Gasteiger partial charge in [-0.2, -0.15) is 0 Å². The van der Waals surface area contributed by atoms with Crippen LogP contribution in [0.4, 0.5) is 14.5 Å². The van der Waals surface area contributed by atoms with Crippen molar-refractivity contribution in [3.63, 3.8) is 0 Å². The molecule has 0 aromatic heterocycles. The van der Waals surface area contributed by atoms with E-state index in [9.17, 15) is 23.5 Å². The van der Waals surface area contributed by atoms with E-state index in [2.05, 4.69) is 0 Å². The predicted octanol–water partition coefficient (Wildman–Crippen LogP) is 5.15. The lowest BCUT2D eigenvalue weighted by atomic mass is 9.94. The first-order valence-electron chi connectivity index (χ1n) is 9.82. The molecular weight excluding hydrogens is 400 g/mol. The zero-order valence-corrected chi connectivity index (χ0v) is 16.7. The summed E-state index contributed by atoms with van der Waals surface area (Å²) in [5.74, 6) is -3.19. The number of Topliss-reactive ketones (excluding diaryl/α,β-unsaturated/α-hetero) is 1. The van der Waals surface area contributed by atoms with Gasteiger partial charge >= 0.3 is 0 Å². The highest BCUT2D eigenvalue weighted by Gasteiger charge is 2.47. The molecule has 4 rings (SSSR count). The van der Waals surface area contributed by atoms with Gasteiger partial charge in [-0.1, -0.05) is 49.4 Å². The van der Waals surface area contributed by atoms with Gasteiger partial charge in [0.25, 0.3) is 11.7 Å². The summed E-state index contributed by atoms with van der Waals surface area (Å²) in [4.78, 5) is 27.1. The standard InChI is InChI=1S/C25H19F2NO3/c1-2-15-6-8-17(9-7-15)23(29)21-22(16-10-12-18(26)13-11-16)28(25(31)24(21)30)20-5-3-4-19(27)14-20/h3-14,22,29H,2H2,1H3/b23-21+. The summed E-state index contributed by atoms with van der Waals surface area (Å²) < 4.78 is 27.4. The van der Waals surface area contributed by atoms with Crippen LogP contribution in [0.15, 0.2) is 78.4 Å². The first kappa shape index (κ1) is 20.5. The van der Waals surface area contributed by atoms with Crippen LogP contribution in [0.5, 0.6) is 0 Å². The van der Waals surface area contributed by atoms with Crippen LogP contribution in [-0.4, -0.2) is 16.8 Å². The molecule has 1 saturated heterocycles. The Morgan fingerprint density at radius 2 is 1.61 bits per heavy atom. The zero-order valence-electron chi connectivity index (χ0n) is 16.7. The maximum absolute atomic E-state index is 13.9. The number of hydrogen-bond acceptors (Lipinski definition) is 3. The third-order valence-corrected chi connectivity index (χ3v) is 5.35. The van der Waals surface area contributed by atoms with Gasteiger partial charge in [0, 0.05) is 11.3 Å². The van der Waals surface area contributed by atoms with Crippen molar-refractivity contribution in [3.05, 3.63) is 107 Å². The Labute approximate surface area is 178 Å². The molecule has 3 aromatic carbocycles. The van der Waals surface area contributed by atoms with Crippen LogP contribution < -0.4 is 4.90 Å². The number of aliphatic hydroxyl groups is 1. The average Bonchev–Trinajstić information content (AvgIpc) is 3.04. The van der Waals surface area contributed by atoms with Gasteiger partial charge < -0.3 is 5.11 Å². The first-order chi connectivity index (χ1) is 14.9. The van der Waals surface area contributed by atoms with E-state index in [1.165, 1.54) is 42.5 Å². The minimum Gasteiger partial charge on any atom is -0.507 e. The Hall–Kier alpha value is -3.80. The highest BCUT2D eigenvalue weighted by molar-refractivity contribution is 6.51. The largest absolute Gasteiger partial charge is 0.507 e. The van der Waals surface area contributed by atoms with Crippen molar-refractivity contribution in [2.45, 2.75) is 19.4 Å². The van der Waals surface area contributed by atoms with E-state index in [0.29, 0.717) is 11.1 Å². The monoisotopic (exact) mass is 419 g/mol. The van der Waals surface area contributed by atoms with E-state index in [-0.39, 0.29) is 17.0 Å². The van der Waals surface area contributed by atoms with Gasteiger partial charge in [0.1, 0.15) is 17.4 Å². The Balaban J connectivity index is 1.92. The normalized spacial score (nSPS) is 17.9. The highest BCUT2D eigenvalue weighted by atomic mass is 19.1. The Morgan fingerprint density at radius 1 is 0.935 bits per heavy atom. The van der Waals surface area contributed by atoms with Crippen LogP contribution in [0.2, 0.25) is 0 Å². The average molecular weight is 419 g/mol. The van der Waals surface area contributed by atoms with Gasteiger partial charge in [0.2, 0.25) is 0 Å². The van der Waals surface area contributed by atoms with Crippen LogP contribution in [0.25, 0.3) is 5.76 Å². The van der Waals surface area contributed by atoms with Gasteiger partial charge in [-0.15, -0.1) is 0 Å². The molecule has 0 bridgehead atoms. The maximum Gasteiger partial charge on any atom is 0.300 e. The van der Waals surface area contributed by atoms with E-state index in [1.807, 2.05) is 19.1 Å². The lowest BCUT2D eigenvalue weighted by molar-refractivity contribution is -0.132. The summed E-state index contributed by atoms with van der Waals surface area (Å²) in [5, 5.41) is 11.0. The van der Waals surface area contributed by atoms with Gasteiger partial charge in [-0.25, -0.2) is 8.78 Å². The number of carbonyl (C=O) groups is 2. The van der Waals surface area contributed by atoms with Gasteiger partial charge in [0.05, 0.1) is 11.6 Å². The van der Waals surface area contributed by atoms with E-state index in [4.69, 9.17) is 0 Å². The molecule has 1 aliphatic rings. The number of hydrogen-bond donors (Lipinski definition) is 1. The number of amides is 1. The Bertz CT molecular complexity index is 1180. The van der Waals surface area contributed by atoms with E-state index in [1.54, 1.807) is 12.1 Å². The van der Waals surface area contributed by atoms with E-state index < -0.39 is 29.4 Å². The van der Waals surface area contributed by atoms with Crippen molar-refractivity contribution in [2.75, 3.05) is 4.90 Å². The highest BCUT2D eigenvalue weighted by Crippen LogP contribution is 2.42. The molecule has 1 aliphatic heterocycles. The quantitative estimate of drug-likeness (QED) is 0.361. The molecule has 6 heteroatoms. The number of carbonyl (C=O) groups excluding carboxylic acids is 2. The number of rotatable bonds is 4. The molecule has 1 unspecified atom stereocenters. The third-order valence-electron chi connectivity index (χ3n) is 5.35. The number of nitrogens with zero attached hydrogens (tertiary/aromatic N) is 1. The SMILES string of the molecule is CCc1ccc(/C(O)=C2\C(=O)C(=O)N(c3cccc(F)c3)C2c2ccc(F)cc2)cc1.